The maximum Gasteiger partial charge on any atom is 0.248 e. The van der Waals surface area contributed by atoms with Crippen molar-refractivity contribution in [2.75, 3.05) is 19.8 Å². The van der Waals surface area contributed by atoms with Crippen molar-refractivity contribution >= 4 is 5.91 Å². The van der Waals surface area contributed by atoms with Crippen LogP contribution in [0.2, 0.25) is 0 Å². The molecule has 0 spiro atoms. The molecule has 0 atom stereocenters. The zero-order chi connectivity index (χ0) is 15.1. The van der Waals surface area contributed by atoms with Gasteiger partial charge in [0.1, 0.15) is 0 Å². The zero-order valence-corrected chi connectivity index (χ0v) is 15.0. The molecule has 0 fully saturated rings. The van der Waals surface area contributed by atoms with E-state index in [4.69, 9.17) is 20.8 Å². The molecule has 0 aromatic heterocycles. The summed E-state index contributed by atoms with van der Waals surface area (Å²) in [5.74, 6) is -0.232. The predicted molar refractivity (Wildman–Crippen MR) is 73.1 cm³/mol. The molecule has 0 bridgehead atoms. The van der Waals surface area contributed by atoms with Gasteiger partial charge in [-0.15, -0.1) is 0 Å². The van der Waals surface area contributed by atoms with Crippen LogP contribution in [-0.2, 0) is 37.4 Å². The van der Waals surface area contributed by atoms with Crippen LogP contribution in [0.5, 0.6) is 5.75 Å². The van der Waals surface area contributed by atoms with Crippen LogP contribution in [0, 0.1) is 0 Å². The van der Waals surface area contributed by atoms with Crippen molar-refractivity contribution < 1.29 is 57.5 Å². The molecular weight excluding hydrogens is 339 g/mol. The van der Waals surface area contributed by atoms with Crippen molar-refractivity contribution in [1.29, 1.82) is 0 Å². The van der Waals surface area contributed by atoms with E-state index in [1.54, 1.807) is 0 Å². The molecule has 0 aliphatic carbocycles. The maximum absolute atomic E-state index is 10.5. The molecule has 6 nitrogen and oxygen atoms in total. The zero-order valence-electron chi connectivity index (χ0n) is 12.2. The largest absolute Gasteiger partial charge is 0.394 e. The molecule has 0 aliphatic heterocycles. The second kappa shape index (κ2) is 18.5. The van der Waals surface area contributed by atoms with E-state index in [1.807, 2.05) is 20.8 Å². The van der Waals surface area contributed by atoms with Gasteiger partial charge in [-0.2, -0.15) is 0 Å². The molecule has 0 heterocycles. The second-order valence-corrected chi connectivity index (χ2v) is 2.90. The first-order valence-corrected chi connectivity index (χ1v) is 6.05. The number of carbonyl (C=O) groups is 1. The van der Waals surface area contributed by atoms with Gasteiger partial charge in [0.25, 0.3) is 0 Å². The van der Waals surface area contributed by atoms with Crippen molar-refractivity contribution in [2.45, 2.75) is 20.8 Å². The van der Waals surface area contributed by atoms with E-state index in [-0.39, 0.29) is 45.1 Å². The molecule has 1 rings (SSSR count). The van der Waals surface area contributed by atoms with Gasteiger partial charge in [-0.1, -0.05) is 13.8 Å². The van der Waals surface area contributed by atoms with Gasteiger partial charge in [-0.25, -0.2) is 5.26 Å². The van der Waals surface area contributed by atoms with Gasteiger partial charge in [0, 0.05) is 44.9 Å². The van der Waals surface area contributed by atoms with Crippen molar-refractivity contribution in [2.24, 2.45) is 5.73 Å². The average molecular weight is 362 g/mol. The van der Waals surface area contributed by atoms with Gasteiger partial charge in [-0.3, -0.25) is 4.79 Å². The Kier molecular flexibility index (Phi) is 22.6. The summed E-state index contributed by atoms with van der Waals surface area (Å²) in [6.45, 7) is 7.20. The Morgan fingerprint density at radius 2 is 1.75 bits per heavy atom. The topological polar surface area (TPSA) is 102 Å². The van der Waals surface area contributed by atoms with Gasteiger partial charge in [0.05, 0.1) is 13.2 Å². The fourth-order valence-corrected chi connectivity index (χ4v) is 0.889. The van der Waals surface area contributed by atoms with Crippen LogP contribution in [0.15, 0.2) is 24.3 Å². The molecule has 113 valence electrons. The number of aliphatic hydroxyl groups excluding tert-OH is 1. The number of primary amides is 1. The SMILES string of the molecule is CC.CCOCCO.NC(=O)c1ccc(OO)cc1.[Y]. The number of benzene rings is 1. The smallest absolute Gasteiger partial charge is 0.248 e. The number of nitrogens with two attached hydrogens (primary N) is 1. The third-order valence-electron chi connectivity index (χ3n) is 1.68. The van der Waals surface area contributed by atoms with Crippen molar-refractivity contribution in [1.82, 2.24) is 0 Å². The van der Waals surface area contributed by atoms with E-state index >= 15 is 0 Å². The molecule has 0 saturated carbocycles. The van der Waals surface area contributed by atoms with Crippen LogP contribution in [0.4, 0.5) is 0 Å². The van der Waals surface area contributed by atoms with E-state index < -0.39 is 5.91 Å². The molecule has 4 N–H and O–H groups in total. The van der Waals surface area contributed by atoms with Gasteiger partial charge in [0.2, 0.25) is 5.91 Å². The Hall–Kier alpha value is -0.526. The molecule has 1 aromatic carbocycles. The number of hydrogen-bond donors (Lipinski definition) is 3. The van der Waals surface area contributed by atoms with E-state index in [9.17, 15) is 4.79 Å². The fourth-order valence-electron chi connectivity index (χ4n) is 0.889. The van der Waals surface area contributed by atoms with Crippen molar-refractivity contribution in [3.8, 4) is 5.75 Å². The number of carbonyl (C=O) groups excluding carboxylic acids is 1. The molecule has 0 saturated heterocycles. The van der Waals surface area contributed by atoms with Crippen LogP contribution >= 0.6 is 0 Å². The normalized spacial score (nSPS) is 8.05. The van der Waals surface area contributed by atoms with Crippen LogP contribution in [0.1, 0.15) is 31.1 Å². The summed E-state index contributed by atoms with van der Waals surface area (Å²) < 4.78 is 4.73. The van der Waals surface area contributed by atoms with Crippen LogP contribution in [-0.4, -0.2) is 36.1 Å². The van der Waals surface area contributed by atoms with Crippen LogP contribution in [0.3, 0.4) is 0 Å². The van der Waals surface area contributed by atoms with Crippen molar-refractivity contribution in [3.05, 3.63) is 29.8 Å². The Morgan fingerprint density at radius 3 is 2.00 bits per heavy atom. The quantitative estimate of drug-likeness (QED) is 0.420. The summed E-state index contributed by atoms with van der Waals surface area (Å²) in [5.41, 5.74) is 5.34. The van der Waals surface area contributed by atoms with Gasteiger partial charge in [0.15, 0.2) is 5.75 Å². The first-order valence-electron chi connectivity index (χ1n) is 6.05. The molecule has 0 unspecified atom stereocenters. The molecule has 1 amide bonds. The average Bonchev–Trinajstić information content (AvgIpc) is 2.48. The van der Waals surface area contributed by atoms with E-state index in [0.29, 0.717) is 18.8 Å². The van der Waals surface area contributed by atoms with Gasteiger partial charge >= 0.3 is 0 Å². The molecule has 0 aliphatic rings. The van der Waals surface area contributed by atoms with E-state index in [0.717, 1.165) is 0 Å². The summed E-state index contributed by atoms with van der Waals surface area (Å²) >= 11 is 0. The van der Waals surface area contributed by atoms with Gasteiger partial charge in [-0.05, 0) is 31.2 Å². The first kappa shape index (κ1) is 24.5. The standard InChI is InChI=1S/C7H7NO3.C4H10O2.C2H6.Y/c8-7(9)5-1-3-6(11-10)4-2-5;1-2-6-4-3-5;1-2;/h1-4,10H,(H2,8,9);5H,2-4H2,1H3;1-2H3;. The summed E-state index contributed by atoms with van der Waals surface area (Å²) in [4.78, 5) is 14.4. The van der Waals surface area contributed by atoms with Crippen LogP contribution in [0.25, 0.3) is 0 Å². The molecule has 20 heavy (non-hydrogen) atoms. The number of rotatable bonds is 5. The monoisotopic (exact) mass is 362 g/mol. The maximum atomic E-state index is 10.5. The summed E-state index contributed by atoms with van der Waals surface area (Å²) in [6.07, 6.45) is 0. The third-order valence-corrected chi connectivity index (χ3v) is 1.68. The Labute approximate surface area is 145 Å². The van der Waals surface area contributed by atoms with Crippen LogP contribution < -0.4 is 10.6 Å². The Morgan fingerprint density at radius 1 is 1.25 bits per heavy atom. The van der Waals surface area contributed by atoms with Crippen molar-refractivity contribution in [3.63, 3.8) is 0 Å². The number of ether oxygens (including phenoxy) is 1. The molecule has 1 radical (unpaired) electrons. The molecular formula is C13H23NO5Y. The Balaban J connectivity index is -0.000000278. The van der Waals surface area contributed by atoms with Gasteiger partial charge < -0.3 is 20.5 Å². The second-order valence-electron chi connectivity index (χ2n) is 2.90. The molecule has 1 aromatic rings. The molecule has 7 heteroatoms. The minimum absolute atomic E-state index is 0. The summed E-state index contributed by atoms with van der Waals surface area (Å²) in [5, 5.41) is 16.2. The fraction of sp³-hybridized carbons (Fsp3) is 0.462. The summed E-state index contributed by atoms with van der Waals surface area (Å²) in [6, 6.07) is 5.82. The number of hydrogen-bond acceptors (Lipinski definition) is 5. The summed E-state index contributed by atoms with van der Waals surface area (Å²) in [7, 11) is 0. The first-order chi connectivity index (χ1) is 9.15. The number of amides is 1. The predicted octanol–water partition coefficient (Wildman–Crippen LogP) is 1.68. The minimum Gasteiger partial charge on any atom is -0.394 e. The third kappa shape index (κ3) is 13.9. The van der Waals surface area contributed by atoms with E-state index in [2.05, 4.69) is 4.89 Å². The van der Waals surface area contributed by atoms with E-state index in [1.165, 1.54) is 24.3 Å². The Bertz CT molecular complexity index is 315. The minimum atomic E-state index is -0.505. The number of aliphatic hydroxyl groups is 1.